The minimum atomic E-state index is -0.494. The van der Waals surface area contributed by atoms with Gasteiger partial charge >= 0.3 is 0 Å². The van der Waals surface area contributed by atoms with Crippen LogP contribution in [0, 0.1) is 5.82 Å². The molecule has 0 aliphatic rings. The summed E-state index contributed by atoms with van der Waals surface area (Å²) in [5.41, 5.74) is 3.66. The van der Waals surface area contributed by atoms with Crippen LogP contribution in [-0.4, -0.2) is 32.3 Å². The minimum absolute atomic E-state index is 0.105. The summed E-state index contributed by atoms with van der Waals surface area (Å²) in [5, 5.41) is 17.0. The number of amides is 1. The Morgan fingerprint density at radius 1 is 1.09 bits per heavy atom. The Morgan fingerprint density at radius 3 is 2.69 bits per heavy atom. The van der Waals surface area contributed by atoms with Crippen LogP contribution in [0.3, 0.4) is 0 Å². The van der Waals surface area contributed by atoms with Crippen LogP contribution in [0.1, 0.15) is 11.1 Å². The monoisotopic (exact) mass is 532 g/mol. The Kier molecular flexibility index (Phi) is 7.91. The zero-order valence-electron chi connectivity index (χ0n) is 17.8. The molecule has 0 fully saturated rings. The van der Waals surface area contributed by atoms with E-state index in [2.05, 4.69) is 25.9 Å². The highest BCUT2D eigenvalue weighted by Crippen LogP contribution is 2.26. The first-order valence-corrected chi connectivity index (χ1v) is 11.2. The number of ether oxygens (including phenoxy) is 1. The molecule has 1 heterocycles. The fraction of sp³-hybridized carbons (Fsp3) is 0.0870. The van der Waals surface area contributed by atoms with Gasteiger partial charge in [0.15, 0.2) is 0 Å². The largest absolute Gasteiger partial charge is 0.488 e. The average Bonchev–Trinajstić information content (AvgIpc) is 3.28. The zero-order chi connectivity index (χ0) is 24.8. The third kappa shape index (κ3) is 6.33. The Balaban J connectivity index is 1.39. The number of benzene rings is 3. The Bertz CT molecular complexity index is 1380. The van der Waals surface area contributed by atoms with Gasteiger partial charge in [-0.3, -0.25) is 4.79 Å². The first-order valence-electron chi connectivity index (χ1n) is 10.1. The maximum atomic E-state index is 14.0. The second kappa shape index (κ2) is 11.3. The summed E-state index contributed by atoms with van der Waals surface area (Å²) < 4.78 is 19.7. The highest BCUT2D eigenvalue weighted by Gasteiger charge is 2.12. The van der Waals surface area contributed by atoms with Crippen LogP contribution in [-0.2, 0) is 17.9 Å². The summed E-state index contributed by atoms with van der Waals surface area (Å²) in [5.74, 6) is -0.308. The van der Waals surface area contributed by atoms with Crippen molar-refractivity contribution in [2.45, 2.75) is 13.2 Å². The van der Waals surface area contributed by atoms with Gasteiger partial charge in [0.05, 0.1) is 16.3 Å². The molecular weight excluding hydrogens is 518 g/mol. The average molecular weight is 534 g/mol. The topological polar surface area (TPSA) is 94.3 Å². The van der Waals surface area contributed by atoms with Gasteiger partial charge in [0.25, 0.3) is 5.91 Å². The number of hydrogen-bond acceptors (Lipinski definition) is 6. The van der Waals surface area contributed by atoms with Gasteiger partial charge in [0.2, 0.25) is 5.82 Å². The van der Waals surface area contributed by atoms with Crippen LogP contribution in [0.5, 0.6) is 5.75 Å². The zero-order valence-corrected chi connectivity index (χ0v) is 20.1. The van der Waals surface area contributed by atoms with E-state index in [0.717, 1.165) is 4.80 Å². The Hall–Kier alpha value is -3.53. The van der Waals surface area contributed by atoms with Crippen molar-refractivity contribution in [2.75, 3.05) is 0 Å². The number of tetrazole rings is 1. The summed E-state index contributed by atoms with van der Waals surface area (Å²) >= 11 is 18.3. The third-order valence-corrected chi connectivity index (χ3v) is 5.57. The Morgan fingerprint density at radius 2 is 1.89 bits per heavy atom. The van der Waals surface area contributed by atoms with E-state index in [0.29, 0.717) is 32.7 Å². The summed E-state index contributed by atoms with van der Waals surface area (Å²) in [6.45, 7) is -0.328. The molecule has 0 saturated carbocycles. The van der Waals surface area contributed by atoms with Gasteiger partial charge in [-0.15, -0.1) is 10.2 Å². The molecule has 4 aromatic rings. The van der Waals surface area contributed by atoms with E-state index in [1.807, 2.05) is 0 Å². The summed E-state index contributed by atoms with van der Waals surface area (Å²) in [7, 11) is 0. The van der Waals surface area contributed by atoms with Crippen molar-refractivity contribution in [1.82, 2.24) is 25.6 Å². The molecule has 12 heteroatoms. The molecule has 0 atom stereocenters. The van der Waals surface area contributed by atoms with E-state index in [1.54, 1.807) is 48.5 Å². The highest BCUT2D eigenvalue weighted by molar-refractivity contribution is 6.33. The van der Waals surface area contributed by atoms with Crippen molar-refractivity contribution in [2.24, 2.45) is 5.10 Å². The van der Waals surface area contributed by atoms with Crippen molar-refractivity contribution >= 4 is 46.9 Å². The number of nitrogens with one attached hydrogen (secondary N) is 1. The molecular formula is C23H16Cl3FN6O2. The maximum absolute atomic E-state index is 14.0. The maximum Gasteiger partial charge on any atom is 0.263 e. The third-order valence-electron chi connectivity index (χ3n) is 4.65. The number of rotatable bonds is 8. The molecule has 0 saturated heterocycles. The number of hydrazone groups is 1. The van der Waals surface area contributed by atoms with Crippen molar-refractivity contribution in [3.05, 3.63) is 92.7 Å². The number of nitrogens with zero attached hydrogens (tertiary/aromatic N) is 5. The van der Waals surface area contributed by atoms with Gasteiger partial charge in [-0.2, -0.15) is 9.90 Å². The molecule has 0 unspecified atom stereocenters. The molecule has 0 aliphatic carbocycles. The molecule has 1 aromatic heterocycles. The first-order chi connectivity index (χ1) is 16.9. The minimum Gasteiger partial charge on any atom is -0.488 e. The molecule has 0 bridgehead atoms. The predicted molar refractivity (Wildman–Crippen MR) is 131 cm³/mol. The highest BCUT2D eigenvalue weighted by atomic mass is 35.5. The van der Waals surface area contributed by atoms with Gasteiger partial charge in [-0.1, -0.05) is 53.0 Å². The van der Waals surface area contributed by atoms with Gasteiger partial charge in [-0.25, -0.2) is 9.82 Å². The molecule has 0 spiro atoms. The molecule has 1 N–H and O–H groups in total. The lowest BCUT2D eigenvalue weighted by Gasteiger charge is -2.11. The van der Waals surface area contributed by atoms with E-state index in [4.69, 9.17) is 39.5 Å². The fourth-order valence-electron chi connectivity index (χ4n) is 2.97. The van der Waals surface area contributed by atoms with Crippen LogP contribution in [0.2, 0.25) is 15.1 Å². The van der Waals surface area contributed by atoms with Crippen LogP contribution < -0.4 is 10.2 Å². The normalized spacial score (nSPS) is 11.1. The van der Waals surface area contributed by atoms with Crippen LogP contribution in [0.25, 0.3) is 11.4 Å². The van der Waals surface area contributed by atoms with E-state index >= 15 is 0 Å². The van der Waals surface area contributed by atoms with Crippen LogP contribution >= 0.6 is 34.8 Å². The molecule has 4 rings (SSSR count). The SMILES string of the molecule is O=C(Cn1nnc(-c2ccccc2Cl)n1)N/N=C\c1cc(Cl)ccc1OCc1c(F)cccc1Cl. The van der Waals surface area contributed by atoms with E-state index in [9.17, 15) is 9.18 Å². The number of hydrogen-bond donors (Lipinski definition) is 1. The quantitative estimate of drug-likeness (QED) is 0.249. The van der Waals surface area contributed by atoms with Crippen molar-refractivity contribution in [3.8, 4) is 17.1 Å². The molecule has 1 amide bonds. The molecule has 3 aromatic carbocycles. The second-order valence-electron chi connectivity index (χ2n) is 7.09. The van der Waals surface area contributed by atoms with E-state index in [1.165, 1.54) is 18.3 Å². The lowest BCUT2D eigenvalue weighted by molar-refractivity contribution is -0.122. The van der Waals surface area contributed by atoms with Crippen molar-refractivity contribution in [1.29, 1.82) is 0 Å². The van der Waals surface area contributed by atoms with Crippen molar-refractivity contribution in [3.63, 3.8) is 0 Å². The van der Waals surface area contributed by atoms with Crippen LogP contribution in [0.4, 0.5) is 4.39 Å². The van der Waals surface area contributed by atoms with Gasteiger partial charge < -0.3 is 4.74 Å². The van der Waals surface area contributed by atoms with Gasteiger partial charge in [0.1, 0.15) is 24.7 Å². The molecule has 178 valence electrons. The lowest BCUT2D eigenvalue weighted by atomic mass is 10.2. The Labute approximate surface area is 214 Å². The summed E-state index contributed by atoms with van der Waals surface area (Å²) in [6.07, 6.45) is 1.35. The summed E-state index contributed by atoms with van der Waals surface area (Å²) in [6, 6.07) is 16.2. The fourth-order valence-corrected chi connectivity index (χ4v) is 3.59. The number of halogens is 4. The standard InChI is InChI=1S/C23H16Cl3FN6O2/c24-15-8-9-21(35-13-17-19(26)6-3-7-20(17)27)14(10-15)11-28-29-22(34)12-33-31-23(30-32-33)16-4-1-2-5-18(16)25/h1-11H,12-13H2,(H,29,34)/b28-11-. The number of carbonyl (C=O) groups excluding carboxylic acids is 1. The number of carbonyl (C=O) groups is 1. The lowest BCUT2D eigenvalue weighted by Crippen LogP contribution is -2.24. The molecule has 0 aliphatic heterocycles. The van der Waals surface area contributed by atoms with Crippen LogP contribution in [0.15, 0.2) is 65.8 Å². The molecule has 0 radical (unpaired) electrons. The van der Waals surface area contributed by atoms with E-state index < -0.39 is 11.7 Å². The second-order valence-corrected chi connectivity index (χ2v) is 8.34. The number of aromatic nitrogens is 4. The summed E-state index contributed by atoms with van der Waals surface area (Å²) in [4.78, 5) is 13.4. The smallest absolute Gasteiger partial charge is 0.263 e. The van der Waals surface area contributed by atoms with Gasteiger partial charge in [0, 0.05) is 21.7 Å². The van der Waals surface area contributed by atoms with Gasteiger partial charge in [-0.05, 0) is 47.7 Å². The molecule has 8 nitrogen and oxygen atoms in total. The van der Waals surface area contributed by atoms with Crippen molar-refractivity contribution < 1.29 is 13.9 Å². The predicted octanol–water partition coefficient (Wildman–Crippen LogP) is 5.17. The molecule has 35 heavy (non-hydrogen) atoms. The first kappa shape index (κ1) is 24.6. The van der Waals surface area contributed by atoms with E-state index in [-0.39, 0.29) is 23.7 Å².